The summed E-state index contributed by atoms with van der Waals surface area (Å²) in [6.07, 6.45) is 2.49. The molecular weight excluding hydrogens is 226 g/mol. The van der Waals surface area contributed by atoms with Crippen molar-refractivity contribution in [3.8, 4) is 5.75 Å². The molecule has 0 atom stereocenters. The molecule has 0 saturated heterocycles. The first kappa shape index (κ1) is 12.1. The molecule has 3 N–H and O–H groups in total. The minimum Gasteiger partial charge on any atom is -0.492 e. The van der Waals surface area contributed by atoms with E-state index in [0.717, 1.165) is 12.1 Å². The van der Waals surface area contributed by atoms with Crippen molar-refractivity contribution in [1.82, 2.24) is 4.98 Å². The monoisotopic (exact) mass is 241 g/mol. The van der Waals surface area contributed by atoms with Crippen LogP contribution in [0.1, 0.15) is 11.3 Å². The van der Waals surface area contributed by atoms with Gasteiger partial charge in [-0.2, -0.15) is 0 Å². The number of para-hydroxylation sites is 1. The topological polar surface area (TPSA) is 72.0 Å². The number of rotatable bonds is 5. The summed E-state index contributed by atoms with van der Waals surface area (Å²) in [6, 6.07) is 13.1. The highest BCUT2D eigenvalue weighted by Crippen LogP contribution is 2.17. The normalized spacial score (nSPS) is 10.0. The number of benzene rings is 1. The summed E-state index contributed by atoms with van der Waals surface area (Å²) < 4.78 is 5.64. The molecule has 0 aliphatic rings. The molecule has 18 heavy (non-hydrogen) atoms. The van der Waals surface area contributed by atoms with Crippen LogP contribution in [0, 0.1) is 5.41 Å². The van der Waals surface area contributed by atoms with Crippen molar-refractivity contribution in [2.75, 3.05) is 6.61 Å². The second-order valence-corrected chi connectivity index (χ2v) is 3.83. The summed E-state index contributed by atoms with van der Waals surface area (Å²) >= 11 is 0. The predicted molar refractivity (Wildman–Crippen MR) is 70.9 cm³/mol. The van der Waals surface area contributed by atoms with Gasteiger partial charge in [0, 0.05) is 18.3 Å². The predicted octanol–water partition coefficient (Wildman–Crippen LogP) is 1.99. The molecule has 0 spiro atoms. The maximum atomic E-state index is 7.46. The Hall–Kier alpha value is -2.36. The van der Waals surface area contributed by atoms with Gasteiger partial charge >= 0.3 is 0 Å². The fourth-order valence-electron chi connectivity index (χ4n) is 1.63. The summed E-state index contributed by atoms with van der Waals surface area (Å²) in [4.78, 5) is 4.22. The molecule has 4 nitrogen and oxygen atoms in total. The lowest BCUT2D eigenvalue weighted by Crippen LogP contribution is -2.13. The molecule has 0 bridgehead atoms. The first-order valence-electron chi connectivity index (χ1n) is 5.73. The van der Waals surface area contributed by atoms with Crippen molar-refractivity contribution >= 4 is 5.84 Å². The molecule has 0 aliphatic heterocycles. The number of aromatic nitrogens is 1. The summed E-state index contributed by atoms with van der Waals surface area (Å²) in [7, 11) is 0. The number of nitrogens with zero attached hydrogens (tertiary/aromatic N) is 1. The largest absolute Gasteiger partial charge is 0.492 e. The third-order valence-electron chi connectivity index (χ3n) is 2.52. The van der Waals surface area contributed by atoms with E-state index in [1.807, 2.05) is 36.4 Å². The molecule has 92 valence electrons. The van der Waals surface area contributed by atoms with E-state index in [9.17, 15) is 0 Å². The van der Waals surface area contributed by atoms with Gasteiger partial charge in [0.1, 0.15) is 11.6 Å². The summed E-state index contributed by atoms with van der Waals surface area (Å²) in [5, 5.41) is 7.46. The highest BCUT2D eigenvalue weighted by molar-refractivity contribution is 5.97. The SMILES string of the molecule is N=C(N)c1ccccc1OCCc1ccccn1. The first-order chi connectivity index (χ1) is 8.77. The van der Waals surface area contributed by atoms with Crippen LogP contribution < -0.4 is 10.5 Å². The Morgan fingerprint density at radius 2 is 1.94 bits per heavy atom. The third kappa shape index (κ3) is 3.07. The molecule has 2 rings (SSSR count). The molecule has 4 heteroatoms. The lowest BCUT2D eigenvalue weighted by molar-refractivity contribution is 0.320. The van der Waals surface area contributed by atoms with Crippen molar-refractivity contribution in [3.05, 3.63) is 59.9 Å². The van der Waals surface area contributed by atoms with Gasteiger partial charge in [0.25, 0.3) is 0 Å². The number of nitrogens with two attached hydrogens (primary N) is 1. The van der Waals surface area contributed by atoms with Crippen molar-refractivity contribution in [2.24, 2.45) is 5.73 Å². The second kappa shape index (κ2) is 5.82. The van der Waals surface area contributed by atoms with Crippen LogP contribution in [-0.4, -0.2) is 17.4 Å². The number of ether oxygens (including phenoxy) is 1. The van der Waals surface area contributed by atoms with Crippen molar-refractivity contribution < 1.29 is 4.74 Å². The van der Waals surface area contributed by atoms with Crippen molar-refractivity contribution in [1.29, 1.82) is 5.41 Å². The molecule has 0 amide bonds. The van der Waals surface area contributed by atoms with Crippen LogP contribution in [-0.2, 0) is 6.42 Å². The average Bonchev–Trinajstić information content (AvgIpc) is 2.40. The van der Waals surface area contributed by atoms with E-state index in [1.165, 1.54) is 0 Å². The van der Waals surface area contributed by atoms with Crippen molar-refractivity contribution in [3.63, 3.8) is 0 Å². The number of nitrogens with one attached hydrogen (secondary N) is 1. The molecule has 0 fully saturated rings. The highest BCUT2D eigenvalue weighted by atomic mass is 16.5. The Morgan fingerprint density at radius 3 is 2.67 bits per heavy atom. The van der Waals surface area contributed by atoms with Crippen LogP contribution in [0.15, 0.2) is 48.7 Å². The minimum atomic E-state index is 0.0171. The number of hydrogen-bond acceptors (Lipinski definition) is 3. The number of pyridine rings is 1. The van der Waals surface area contributed by atoms with Crippen LogP contribution >= 0.6 is 0 Å². The fourth-order valence-corrected chi connectivity index (χ4v) is 1.63. The van der Waals surface area contributed by atoms with E-state index in [2.05, 4.69) is 4.98 Å². The van der Waals surface area contributed by atoms with E-state index in [-0.39, 0.29) is 5.84 Å². The molecule has 0 unspecified atom stereocenters. The van der Waals surface area contributed by atoms with Gasteiger partial charge in [-0.15, -0.1) is 0 Å². The Morgan fingerprint density at radius 1 is 1.17 bits per heavy atom. The fraction of sp³-hybridized carbons (Fsp3) is 0.143. The lowest BCUT2D eigenvalue weighted by atomic mass is 10.2. The summed E-state index contributed by atoms with van der Waals surface area (Å²) in [5.41, 5.74) is 7.10. The number of hydrogen-bond donors (Lipinski definition) is 2. The Bertz CT molecular complexity index is 526. The molecule has 2 aromatic rings. The zero-order valence-corrected chi connectivity index (χ0v) is 9.97. The Labute approximate surface area is 106 Å². The van der Waals surface area contributed by atoms with Gasteiger partial charge in [0.05, 0.1) is 12.2 Å². The van der Waals surface area contributed by atoms with Gasteiger partial charge in [-0.3, -0.25) is 10.4 Å². The standard InChI is InChI=1S/C14H15N3O/c15-14(16)12-6-1-2-7-13(12)18-10-8-11-5-3-4-9-17-11/h1-7,9H,8,10H2,(H3,15,16). The summed E-state index contributed by atoms with van der Waals surface area (Å²) in [5.74, 6) is 0.657. The molecule has 1 aromatic carbocycles. The maximum absolute atomic E-state index is 7.46. The maximum Gasteiger partial charge on any atom is 0.130 e. The van der Waals surface area contributed by atoms with Gasteiger partial charge in [0.2, 0.25) is 0 Å². The van der Waals surface area contributed by atoms with Crippen LogP contribution in [0.5, 0.6) is 5.75 Å². The molecule has 1 aromatic heterocycles. The van der Waals surface area contributed by atoms with Gasteiger partial charge in [0.15, 0.2) is 0 Å². The number of amidine groups is 1. The molecule has 1 heterocycles. The van der Waals surface area contributed by atoms with Crippen LogP contribution in [0.25, 0.3) is 0 Å². The zero-order chi connectivity index (χ0) is 12.8. The van der Waals surface area contributed by atoms with Crippen LogP contribution in [0.2, 0.25) is 0 Å². The van der Waals surface area contributed by atoms with Gasteiger partial charge in [-0.05, 0) is 24.3 Å². The lowest BCUT2D eigenvalue weighted by Gasteiger charge is -2.09. The highest BCUT2D eigenvalue weighted by Gasteiger charge is 2.05. The third-order valence-corrected chi connectivity index (χ3v) is 2.52. The minimum absolute atomic E-state index is 0.0171. The number of nitrogen functional groups attached to an aromatic ring is 1. The van der Waals surface area contributed by atoms with Crippen LogP contribution in [0.4, 0.5) is 0 Å². The molecule has 0 saturated carbocycles. The summed E-state index contributed by atoms with van der Waals surface area (Å²) in [6.45, 7) is 0.515. The second-order valence-electron chi connectivity index (χ2n) is 3.83. The smallest absolute Gasteiger partial charge is 0.130 e. The van der Waals surface area contributed by atoms with E-state index in [1.54, 1.807) is 12.3 Å². The average molecular weight is 241 g/mol. The van der Waals surface area contributed by atoms with Crippen molar-refractivity contribution in [2.45, 2.75) is 6.42 Å². The Kier molecular flexibility index (Phi) is 3.91. The molecule has 0 aliphatic carbocycles. The van der Waals surface area contributed by atoms with Gasteiger partial charge in [-0.1, -0.05) is 18.2 Å². The van der Waals surface area contributed by atoms with E-state index in [4.69, 9.17) is 15.9 Å². The van der Waals surface area contributed by atoms with E-state index < -0.39 is 0 Å². The zero-order valence-electron chi connectivity index (χ0n) is 9.97. The Balaban J connectivity index is 1.97. The van der Waals surface area contributed by atoms with E-state index >= 15 is 0 Å². The first-order valence-corrected chi connectivity index (χ1v) is 5.73. The molecule has 0 radical (unpaired) electrons. The van der Waals surface area contributed by atoms with E-state index in [0.29, 0.717) is 17.9 Å². The van der Waals surface area contributed by atoms with Gasteiger partial charge < -0.3 is 10.5 Å². The van der Waals surface area contributed by atoms with Gasteiger partial charge in [-0.25, -0.2) is 0 Å². The quantitative estimate of drug-likeness (QED) is 0.621. The molecular formula is C14H15N3O. The van der Waals surface area contributed by atoms with Crippen LogP contribution in [0.3, 0.4) is 0 Å².